The van der Waals surface area contributed by atoms with Gasteiger partial charge in [-0.3, -0.25) is 0 Å². The van der Waals surface area contributed by atoms with E-state index in [1.165, 1.54) is 12.8 Å². The van der Waals surface area contributed by atoms with Gasteiger partial charge >= 0.3 is 0 Å². The number of aryl methyl sites for hydroxylation is 1. The molecule has 0 bridgehead atoms. The highest BCUT2D eigenvalue weighted by molar-refractivity contribution is 6.32. The third-order valence-corrected chi connectivity index (χ3v) is 3.68. The first kappa shape index (κ1) is 12.5. The van der Waals surface area contributed by atoms with Crippen LogP contribution in [0.4, 0.5) is 0 Å². The minimum atomic E-state index is 0.388. The molecule has 0 saturated heterocycles. The van der Waals surface area contributed by atoms with E-state index in [0.29, 0.717) is 23.3 Å². The van der Waals surface area contributed by atoms with Gasteiger partial charge < -0.3 is 9.30 Å². The molecule has 0 N–H and O–H groups in total. The fraction of sp³-hybridized carbons (Fsp3) is 0.429. The zero-order valence-corrected chi connectivity index (χ0v) is 11.8. The van der Waals surface area contributed by atoms with Crippen LogP contribution in [0.5, 0.6) is 5.75 Å². The molecule has 0 unspecified atom stereocenters. The molecule has 100 valence electrons. The number of benzene rings is 1. The summed E-state index contributed by atoms with van der Waals surface area (Å²) in [7, 11) is 1.99. The zero-order chi connectivity index (χ0) is 13.4. The van der Waals surface area contributed by atoms with Crippen molar-refractivity contribution in [3.63, 3.8) is 0 Å². The number of hydrogen-bond donors (Lipinski definition) is 0. The van der Waals surface area contributed by atoms with E-state index in [4.69, 9.17) is 16.3 Å². The number of nitrogens with zero attached hydrogens (tertiary/aromatic N) is 3. The maximum atomic E-state index is 6.13. The third-order valence-electron chi connectivity index (χ3n) is 3.39. The Hall–Kier alpha value is -1.55. The molecular formula is C14H16ClN3O. The van der Waals surface area contributed by atoms with Crippen molar-refractivity contribution in [1.29, 1.82) is 0 Å². The second kappa shape index (κ2) is 4.85. The zero-order valence-electron chi connectivity index (χ0n) is 11.1. The lowest BCUT2D eigenvalue weighted by Gasteiger charge is -2.08. The Bertz CT molecular complexity index is 605. The summed E-state index contributed by atoms with van der Waals surface area (Å²) in [6.45, 7) is 2.39. The van der Waals surface area contributed by atoms with Crippen LogP contribution in [0.1, 0.15) is 36.0 Å². The van der Waals surface area contributed by atoms with Crippen molar-refractivity contribution in [3.8, 4) is 5.75 Å². The summed E-state index contributed by atoms with van der Waals surface area (Å²) in [5.41, 5.74) is 1.12. The molecule has 0 aliphatic heterocycles. The van der Waals surface area contributed by atoms with Crippen LogP contribution in [0, 0.1) is 6.92 Å². The van der Waals surface area contributed by atoms with Crippen molar-refractivity contribution in [3.05, 3.63) is 40.4 Å². The van der Waals surface area contributed by atoms with E-state index in [1.807, 2.05) is 36.7 Å². The predicted octanol–water partition coefficient (Wildman–Crippen LogP) is 3.23. The highest BCUT2D eigenvalue weighted by Gasteiger charge is 2.29. The largest absolute Gasteiger partial charge is 0.484 e. The molecule has 1 aromatic heterocycles. The Morgan fingerprint density at radius 1 is 1.37 bits per heavy atom. The first-order valence-corrected chi connectivity index (χ1v) is 6.80. The van der Waals surface area contributed by atoms with Gasteiger partial charge in [0, 0.05) is 13.0 Å². The second-order valence-corrected chi connectivity index (χ2v) is 5.44. The van der Waals surface area contributed by atoms with Crippen LogP contribution in [0.2, 0.25) is 5.02 Å². The molecule has 5 heteroatoms. The highest BCUT2D eigenvalue weighted by atomic mass is 35.5. The molecule has 0 amide bonds. The van der Waals surface area contributed by atoms with Crippen molar-refractivity contribution in [2.75, 3.05) is 0 Å². The minimum Gasteiger partial charge on any atom is -0.484 e. The monoisotopic (exact) mass is 277 g/mol. The molecule has 1 saturated carbocycles. The summed E-state index contributed by atoms with van der Waals surface area (Å²) in [6, 6.07) is 5.76. The lowest BCUT2D eigenvalue weighted by Crippen LogP contribution is -2.05. The van der Waals surface area contributed by atoms with Crippen LogP contribution in [-0.2, 0) is 13.7 Å². The van der Waals surface area contributed by atoms with Gasteiger partial charge in [-0.15, -0.1) is 10.2 Å². The lowest BCUT2D eigenvalue weighted by atomic mass is 10.2. The predicted molar refractivity (Wildman–Crippen MR) is 73.5 cm³/mol. The molecule has 0 radical (unpaired) electrons. The van der Waals surface area contributed by atoms with Crippen LogP contribution in [-0.4, -0.2) is 14.8 Å². The summed E-state index contributed by atoms with van der Waals surface area (Å²) >= 11 is 6.13. The smallest absolute Gasteiger partial charge is 0.170 e. The lowest BCUT2D eigenvalue weighted by molar-refractivity contribution is 0.291. The summed E-state index contributed by atoms with van der Waals surface area (Å²) in [4.78, 5) is 0. The molecule has 1 heterocycles. The van der Waals surface area contributed by atoms with Gasteiger partial charge in [-0.05, 0) is 37.5 Å². The number of halogens is 1. The van der Waals surface area contributed by atoms with E-state index in [0.717, 1.165) is 17.2 Å². The molecule has 1 aliphatic rings. The van der Waals surface area contributed by atoms with Crippen LogP contribution in [0.25, 0.3) is 0 Å². The molecule has 1 aliphatic carbocycles. The van der Waals surface area contributed by atoms with E-state index >= 15 is 0 Å². The maximum absolute atomic E-state index is 6.13. The van der Waals surface area contributed by atoms with Gasteiger partial charge in [0.2, 0.25) is 0 Å². The van der Waals surface area contributed by atoms with E-state index < -0.39 is 0 Å². The summed E-state index contributed by atoms with van der Waals surface area (Å²) < 4.78 is 7.74. The van der Waals surface area contributed by atoms with Crippen LogP contribution < -0.4 is 4.74 Å². The Labute approximate surface area is 117 Å². The molecular weight excluding hydrogens is 262 g/mol. The summed E-state index contributed by atoms with van der Waals surface area (Å²) in [5.74, 6) is 3.17. The molecule has 1 fully saturated rings. The quantitative estimate of drug-likeness (QED) is 0.861. The number of aromatic nitrogens is 3. The molecule has 0 atom stereocenters. The molecule has 19 heavy (non-hydrogen) atoms. The van der Waals surface area contributed by atoms with E-state index in [9.17, 15) is 0 Å². The van der Waals surface area contributed by atoms with Gasteiger partial charge in [0.15, 0.2) is 5.82 Å². The molecule has 1 aromatic carbocycles. The van der Waals surface area contributed by atoms with Crippen LogP contribution >= 0.6 is 11.6 Å². The van der Waals surface area contributed by atoms with Crippen molar-refractivity contribution in [2.24, 2.45) is 7.05 Å². The topological polar surface area (TPSA) is 39.9 Å². The van der Waals surface area contributed by atoms with E-state index in [-0.39, 0.29) is 0 Å². The Kier molecular flexibility index (Phi) is 3.19. The molecule has 3 rings (SSSR count). The second-order valence-electron chi connectivity index (χ2n) is 5.03. The van der Waals surface area contributed by atoms with Crippen LogP contribution in [0.15, 0.2) is 18.2 Å². The van der Waals surface area contributed by atoms with Gasteiger partial charge in [0.05, 0.1) is 5.02 Å². The first-order valence-electron chi connectivity index (χ1n) is 6.42. The van der Waals surface area contributed by atoms with Gasteiger partial charge in [-0.2, -0.15) is 0 Å². The van der Waals surface area contributed by atoms with Gasteiger partial charge in [0.25, 0.3) is 0 Å². The number of rotatable bonds is 4. The van der Waals surface area contributed by atoms with Crippen molar-refractivity contribution in [2.45, 2.75) is 32.3 Å². The summed E-state index contributed by atoms with van der Waals surface area (Å²) in [5, 5.41) is 9.04. The maximum Gasteiger partial charge on any atom is 0.170 e. The van der Waals surface area contributed by atoms with E-state index in [1.54, 1.807) is 0 Å². The normalized spacial score (nSPS) is 14.7. The standard InChI is InChI=1S/C14H16ClN3O/c1-9-3-6-12(11(15)7-9)19-8-13-16-17-14(18(13)2)10-4-5-10/h3,6-7,10H,4-5,8H2,1-2H3. The Morgan fingerprint density at radius 3 is 2.84 bits per heavy atom. The van der Waals surface area contributed by atoms with Gasteiger partial charge in [-0.25, -0.2) is 0 Å². The van der Waals surface area contributed by atoms with Crippen molar-refractivity contribution < 1.29 is 4.74 Å². The van der Waals surface area contributed by atoms with E-state index in [2.05, 4.69) is 10.2 Å². The average molecular weight is 278 g/mol. The minimum absolute atomic E-state index is 0.388. The average Bonchev–Trinajstić information content (AvgIpc) is 3.14. The van der Waals surface area contributed by atoms with Crippen molar-refractivity contribution in [1.82, 2.24) is 14.8 Å². The number of hydrogen-bond acceptors (Lipinski definition) is 3. The van der Waals surface area contributed by atoms with Crippen LogP contribution in [0.3, 0.4) is 0 Å². The first-order chi connectivity index (χ1) is 9.15. The van der Waals surface area contributed by atoms with Gasteiger partial charge in [-0.1, -0.05) is 17.7 Å². The van der Waals surface area contributed by atoms with Gasteiger partial charge in [0.1, 0.15) is 18.2 Å². The molecule has 0 spiro atoms. The molecule has 2 aromatic rings. The Morgan fingerprint density at radius 2 is 2.16 bits per heavy atom. The highest BCUT2D eigenvalue weighted by Crippen LogP contribution is 2.38. The number of ether oxygens (including phenoxy) is 1. The van der Waals surface area contributed by atoms with Crippen molar-refractivity contribution >= 4 is 11.6 Å². The fourth-order valence-electron chi connectivity index (χ4n) is 2.06. The summed E-state index contributed by atoms with van der Waals surface area (Å²) in [6.07, 6.45) is 2.44. The third kappa shape index (κ3) is 2.59. The SMILES string of the molecule is Cc1ccc(OCc2nnc(C3CC3)n2C)c(Cl)c1. The Balaban J connectivity index is 1.71. The molecule has 4 nitrogen and oxygen atoms in total. The fourth-order valence-corrected chi connectivity index (χ4v) is 2.35.